The van der Waals surface area contributed by atoms with Gasteiger partial charge in [-0.15, -0.1) is 0 Å². The summed E-state index contributed by atoms with van der Waals surface area (Å²) < 4.78 is 5.21. The van der Waals surface area contributed by atoms with Crippen LogP contribution in [-0.2, 0) is 16.9 Å². The summed E-state index contributed by atoms with van der Waals surface area (Å²) in [7, 11) is 0. The first kappa shape index (κ1) is 14.7. The third-order valence-electron chi connectivity index (χ3n) is 3.79. The maximum atomic E-state index is 12.0. The van der Waals surface area contributed by atoms with Gasteiger partial charge in [0.15, 0.2) is 0 Å². The lowest BCUT2D eigenvalue weighted by Gasteiger charge is -2.24. The monoisotopic (exact) mass is 322 g/mol. The quantitative estimate of drug-likeness (QED) is 0.867. The summed E-state index contributed by atoms with van der Waals surface area (Å²) in [5, 5.41) is 3.12. The number of cyclic esters (lactones) is 1. The molecular formula is C15H18N2O2S2. The third-order valence-corrected chi connectivity index (χ3v) is 4.94. The summed E-state index contributed by atoms with van der Waals surface area (Å²) in [4.78, 5) is 14.5. The van der Waals surface area contributed by atoms with Crippen LogP contribution in [0.2, 0.25) is 0 Å². The number of ether oxygens (including phenoxy) is 1. The Balaban J connectivity index is 1.82. The van der Waals surface area contributed by atoms with Crippen molar-refractivity contribution in [2.75, 3.05) is 23.8 Å². The Morgan fingerprint density at radius 1 is 1.52 bits per heavy atom. The number of nitrogens with one attached hydrogen (secondary N) is 1. The molecule has 0 aromatic heterocycles. The minimum Gasteiger partial charge on any atom is -0.447 e. The summed E-state index contributed by atoms with van der Waals surface area (Å²) in [5.41, 5.74) is 3.66. The van der Waals surface area contributed by atoms with E-state index in [0.29, 0.717) is 13.2 Å². The van der Waals surface area contributed by atoms with Crippen LogP contribution in [0, 0.1) is 0 Å². The largest absolute Gasteiger partial charge is 0.447 e. The molecule has 2 aliphatic rings. The van der Waals surface area contributed by atoms with Crippen LogP contribution in [0.15, 0.2) is 18.2 Å². The van der Waals surface area contributed by atoms with Gasteiger partial charge in [-0.2, -0.15) is 11.8 Å². The molecule has 3 rings (SSSR count). The van der Waals surface area contributed by atoms with Crippen molar-refractivity contribution in [1.29, 1.82) is 0 Å². The molecule has 1 aromatic rings. The van der Waals surface area contributed by atoms with Gasteiger partial charge in [0.1, 0.15) is 6.61 Å². The van der Waals surface area contributed by atoms with Crippen LogP contribution in [0.4, 0.5) is 10.5 Å². The summed E-state index contributed by atoms with van der Waals surface area (Å²) in [6, 6.07) is 6.29. The summed E-state index contributed by atoms with van der Waals surface area (Å²) in [6.45, 7) is 2.86. The maximum absolute atomic E-state index is 12.0. The number of carbonyl (C=O) groups is 1. The zero-order valence-corrected chi connectivity index (χ0v) is 13.6. The summed E-state index contributed by atoms with van der Waals surface area (Å²) >= 11 is 6.98. The number of benzene rings is 1. The van der Waals surface area contributed by atoms with E-state index in [1.165, 1.54) is 16.9 Å². The highest BCUT2D eigenvalue weighted by Gasteiger charge is 2.34. The minimum absolute atomic E-state index is 0.00954. The number of thioether (sulfide) groups is 1. The first-order valence-corrected chi connectivity index (χ1v) is 8.61. The lowest BCUT2D eigenvalue weighted by molar-refractivity contribution is 0.179. The van der Waals surface area contributed by atoms with Gasteiger partial charge in [-0.25, -0.2) is 4.79 Å². The fraction of sp³-hybridized carbons (Fsp3) is 0.467. The number of hydrogen-bond acceptors (Lipinski definition) is 4. The molecule has 6 heteroatoms. The number of carbonyl (C=O) groups excluding carboxylic acids is 1. The Hall–Kier alpha value is -1.27. The Morgan fingerprint density at radius 3 is 3.19 bits per heavy atom. The van der Waals surface area contributed by atoms with Crippen LogP contribution in [0.5, 0.6) is 0 Å². The maximum Gasteiger partial charge on any atom is 0.414 e. The smallest absolute Gasteiger partial charge is 0.414 e. The van der Waals surface area contributed by atoms with E-state index in [1.807, 2.05) is 24.8 Å². The normalized spacial score (nSPS) is 20.9. The topological polar surface area (TPSA) is 41.6 Å². The highest BCUT2D eigenvalue weighted by molar-refractivity contribution is 7.98. The third kappa shape index (κ3) is 3.16. The molecule has 1 N–H and O–H groups in total. The van der Waals surface area contributed by atoms with Gasteiger partial charge in [-0.05, 0) is 42.4 Å². The van der Waals surface area contributed by atoms with E-state index in [2.05, 4.69) is 17.4 Å². The molecule has 21 heavy (non-hydrogen) atoms. The molecule has 0 spiro atoms. The van der Waals surface area contributed by atoms with E-state index in [4.69, 9.17) is 17.0 Å². The van der Waals surface area contributed by atoms with Crippen molar-refractivity contribution in [3.63, 3.8) is 0 Å². The Morgan fingerprint density at radius 2 is 2.38 bits per heavy atom. The number of rotatable bonds is 3. The molecule has 1 unspecified atom stereocenters. The number of fused-ring (bicyclic) bond motifs is 1. The molecular weight excluding hydrogens is 304 g/mol. The van der Waals surface area contributed by atoms with Gasteiger partial charge >= 0.3 is 6.09 Å². The molecule has 1 amide bonds. The number of amides is 1. The van der Waals surface area contributed by atoms with E-state index in [1.54, 1.807) is 4.90 Å². The molecule has 4 nitrogen and oxygen atoms in total. The highest BCUT2D eigenvalue weighted by Crippen LogP contribution is 2.30. The Kier molecular flexibility index (Phi) is 4.35. The van der Waals surface area contributed by atoms with Crippen molar-refractivity contribution in [3.05, 3.63) is 29.3 Å². The molecule has 112 valence electrons. The van der Waals surface area contributed by atoms with Crippen molar-refractivity contribution in [3.8, 4) is 0 Å². The molecule has 1 fully saturated rings. The highest BCUT2D eigenvalue weighted by atomic mass is 32.2. The second-order valence-electron chi connectivity index (χ2n) is 5.29. The van der Waals surface area contributed by atoms with Crippen molar-refractivity contribution in [2.45, 2.75) is 25.1 Å². The molecule has 2 aliphatic heterocycles. The SMILES string of the molecule is CC(=S)NCC1COC(=O)N1c1ccc2c(c1)CSCC2. The molecule has 2 heterocycles. The van der Waals surface area contributed by atoms with Crippen LogP contribution in [0.3, 0.4) is 0 Å². The lowest BCUT2D eigenvalue weighted by atomic mass is 10.0. The van der Waals surface area contributed by atoms with Crippen LogP contribution < -0.4 is 10.2 Å². The molecule has 0 saturated carbocycles. The Bertz CT molecular complexity index is 577. The van der Waals surface area contributed by atoms with Gasteiger partial charge in [0.25, 0.3) is 0 Å². The predicted octanol–water partition coefficient (Wildman–Crippen LogP) is 2.74. The zero-order valence-electron chi connectivity index (χ0n) is 11.9. The number of nitrogens with zero attached hydrogens (tertiary/aromatic N) is 1. The summed E-state index contributed by atoms with van der Waals surface area (Å²) in [5.74, 6) is 2.20. The molecule has 1 aromatic carbocycles. The minimum atomic E-state index is -0.271. The van der Waals surface area contributed by atoms with Crippen molar-refractivity contribution in [2.24, 2.45) is 0 Å². The first-order chi connectivity index (χ1) is 10.1. The molecule has 1 saturated heterocycles. The number of aryl methyl sites for hydroxylation is 1. The van der Waals surface area contributed by atoms with Crippen LogP contribution in [0.1, 0.15) is 18.1 Å². The van der Waals surface area contributed by atoms with Crippen LogP contribution in [0.25, 0.3) is 0 Å². The average molecular weight is 322 g/mol. The van der Waals surface area contributed by atoms with Gasteiger partial charge in [-0.3, -0.25) is 4.90 Å². The second kappa shape index (κ2) is 6.23. The molecule has 0 radical (unpaired) electrons. The molecule has 1 atom stereocenters. The van der Waals surface area contributed by atoms with E-state index in [9.17, 15) is 4.79 Å². The number of hydrogen-bond donors (Lipinski definition) is 1. The standard InChI is InChI=1S/C15H18N2O2S2/c1-10(20)16-7-14-8-19-15(18)17(14)13-3-2-11-4-5-21-9-12(11)6-13/h2-3,6,14H,4-5,7-9H2,1H3,(H,16,20). The average Bonchev–Trinajstić information content (AvgIpc) is 2.85. The van der Waals surface area contributed by atoms with E-state index in [0.717, 1.165) is 22.8 Å². The lowest BCUT2D eigenvalue weighted by Crippen LogP contribution is -2.42. The van der Waals surface area contributed by atoms with Gasteiger partial charge < -0.3 is 10.1 Å². The van der Waals surface area contributed by atoms with Gasteiger partial charge in [-0.1, -0.05) is 18.3 Å². The van der Waals surface area contributed by atoms with Crippen LogP contribution in [-0.4, -0.2) is 36.0 Å². The first-order valence-electron chi connectivity index (χ1n) is 7.05. The van der Waals surface area contributed by atoms with Gasteiger partial charge in [0.05, 0.1) is 11.0 Å². The predicted molar refractivity (Wildman–Crippen MR) is 90.2 cm³/mol. The summed E-state index contributed by atoms with van der Waals surface area (Å²) in [6.07, 6.45) is 0.840. The zero-order chi connectivity index (χ0) is 14.8. The fourth-order valence-corrected chi connectivity index (χ4v) is 3.77. The fourth-order valence-electron chi connectivity index (χ4n) is 2.69. The van der Waals surface area contributed by atoms with Crippen molar-refractivity contribution >= 4 is 40.7 Å². The van der Waals surface area contributed by atoms with E-state index < -0.39 is 0 Å². The van der Waals surface area contributed by atoms with Crippen LogP contribution >= 0.6 is 24.0 Å². The number of anilines is 1. The number of thiocarbonyl (C=S) groups is 1. The Labute approximate surface area is 134 Å². The van der Waals surface area contributed by atoms with Gasteiger partial charge in [0.2, 0.25) is 0 Å². The molecule has 0 bridgehead atoms. The molecule has 0 aliphatic carbocycles. The van der Waals surface area contributed by atoms with Crippen molar-refractivity contribution < 1.29 is 9.53 Å². The van der Waals surface area contributed by atoms with E-state index >= 15 is 0 Å². The van der Waals surface area contributed by atoms with E-state index in [-0.39, 0.29) is 12.1 Å². The second-order valence-corrected chi connectivity index (χ2v) is 7.01. The van der Waals surface area contributed by atoms with Crippen molar-refractivity contribution in [1.82, 2.24) is 5.32 Å². The van der Waals surface area contributed by atoms with Gasteiger partial charge in [0, 0.05) is 18.0 Å².